The maximum Gasteiger partial charge on any atom is 0.404 e. The fraction of sp³-hybridized carbons (Fsp3) is 0.769. The molecule has 2 aliphatic heterocycles. The van der Waals surface area contributed by atoms with Gasteiger partial charge in [-0.2, -0.15) is 0 Å². The number of carbonyl (C=O) groups is 3. The van der Waals surface area contributed by atoms with Gasteiger partial charge in [-0.25, -0.2) is 20.1 Å². The van der Waals surface area contributed by atoms with Gasteiger partial charge in [-0.05, 0) is 32.6 Å². The van der Waals surface area contributed by atoms with E-state index in [1.807, 2.05) is 0 Å². The molecule has 4 N–H and O–H groups in total. The Kier molecular flexibility index (Phi) is 5.61. The molecule has 2 aliphatic rings. The highest BCUT2D eigenvalue weighted by Crippen LogP contribution is 2.28. The maximum atomic E-state index is 12.1. The van der Waals surface area contributed by atoms with Crippen LogP contribution in [0.2, 0.25) is 0 Å². The lowest BCUT2D eigenvalue weighted by Gasteiger charge is -2.28. The van der Waals surface area contributed by atoms with E-state index in [0.29, 0.717) is 37.3 Å². The number of nitrogens with zero attached hydrogens (tertiary/aromatic N) is 2. The highest BCUT2D eigenvalue weighted by atomic mass is 16.6. The maximum absolute atomic E-state index is 12.1. The van der Waals surface area contributed by atoms with E-state index in [4.69, 9.17) is 9.94 Å². The van der Waals surface area contributed by atoms with Crippen molar-refractivity contribution in [2.45, 2.75) is 50.7 Å². The zero-order chi connectivity index (χ0) is 17.0. The number of urea groups is 1. The summed E-state index contributed by atoms with van der Waals surface area (Å²) in [6.07, 6.45) is 1.12. The van der Waals surface area contributed by atoms with Gasteiger partial charge in [-0.1, -0.05) is 0 Å². The van der Waals surface area contributed by atoms with Crippen LogP contribution in [0.3, 0.4) is 0 Å². The molecule has 130 valence electrons. The van der Waals surface area contributed by atoms with Crippen LogP contribution in [0.4, 0.5) is 9.59 Å². The Hall–Kier alpha value is -2.07. The number of amides is 4. The van der Waals surface area contributed by atoms with Crippen LogP contribution < -0.4 is 10.8 Å². The molecule has 23 heavy (non-hydrogen) atoms. The van der Waals surface area contributed by atoms with E-state index in [1.165, 1.54) is 4.90 Å². The van der Waals surface area contributed by atoms with Gasteiger partial charge in [-0.15, -0.1) is 0 Å². The molecule has 2 saturated heterocycles. The number of carboxylic acid groups (broad SMARTS) is 1. The summed E-state index contributed by atoms with van der Waals surface area (Å²) in [6.45, 7) is 2.32. The third-order valence-electron chi connectivity index (χ3n) is 4.07. The molecule has 0 aromatic heterocycles. The summed E-state index contributed by atoms with van der Waals surface area (Å²) in [5.74, 6) is -0.413. The highest BCUT2D eigenvalue weighted by molar-refractivity contribution is 5.87. The molecule has 0 aliphatic carbocycles. The number of hydrogen-bond donors (Lipinski definition) is 4. The third-order valence-corrected chi connectivity index (χ3v) is 4.07. The first-order chi connectivity index (χ1) is 10.9. The minimum atomic E-state index is -1.07. The molecule has 10 heteroatoms. The van der Waals surface area contributed by atoms with Gasteiger partial charge in [0.2, 0.25) is 0 Å². The van der Waals surface area contributed by atoms with E-state index >= 15 is 0 Å². The lowest BCUT2D eigenvalue weighted by atomic mass is 10.0. The van der Waals surface area contributed by atoms with Crippen molar-refractivity contribution in [3.63, 3.8) is 0 Å². The predicted molar refractivity (Wildman–Crippen MR) is 76.5 cm³/mol. The number of nitrogens with one attached hydrogen (secondary N) is 2. The van der Waals surface area contributed by atoms with E-state index < -0.39 is 24.1 Å². The molecule has 0 radical (unpaired) electrons. The van der Waals surface area contributed by atoms with E-state index in [0.717, 1.165) is 0 Å². The van der Waals surface area contributed by atoms with Gasteiger partial charge in [-0.3, -0.25) is 14.8 Å². The molecule has 4 amide bonds. The van der Waals surface area contributed by atoms with Crippen molar-refractivity contribution in [3.8, 4) is 0 Å². The minimum absolute atomic E-state index is 0.195. The van der Waals surface area contributed by atoms with Crippen molar-refractivity contribution in [2.75, 3.05) is 13.2 Å². The average Bonchev–Trinajstić information content (AvgIpc) is 2.71. The lowest BCUT2D eigenvalue weighted by Crippen LogP contribution is -2.49. The third kappa shape index (κ3) is 4.23. The summed E-state index contributed by atoms with van der Waals surface area (Å²) in [5, 5.41) is 21.1. The van der Waals surface area contributed by atoms with Crippen LogP contribution in [0.15, 0.2) is 0 Å². The number of piperidine rings is 1. The zero-order valence-corrected chi connectivity index (χ0v) is 12.9. The van der Waals surface area contributed by atoms with Gasteiger partial charge in [0.1, 0.15) is 6.04 Å². The number of rotatable bonds is 7. The second kappa shape index (κ2) is 7.47. The van der Waals surface area contributed by atoms with Crippen LogP contribution in [-0.4, -0.2) is 69.6 Å². The summed E-state index contributed by atoms with van der Waals surface area (Å²) in [7, 11) is 0. The van der Waals surface area contributed by atoms with Crippen LogP contribution in [0.25, 0.3) is 0 Å². The SMILES string of the molecule is CC(CCCONC(=O)[C@@H]1CC[C@@H]2CN1C(=O)N2O)NC(=O)O. The first-order valence-corrected chi connectivity index (χ1v) is 7.60. The summed E-state index contributed by atoms with van der Waals surface area (Å²) in [6, 6.07) is -1.62. The molecule has 2 rings (SSSR count). The second-order valence-electron chi connectivity index (χ2n) is 5.83. The molecule has 3 atom stereocenters. The van der Waals surface area contributed by atoms with Gasteiger partial charge >= 0.3 is 12.1 Å². The Morgan fingerprint density at radius 1 is 1.43 bits per heavy atom. The summed E-state index contributed by atoms with van der Waals surface area (Å²) in [5.41, 5.74) is 2.32. The van der Waals surface area contributed by atoms with Crippen LogP contribution in [0.5, 0.6) is 0 Å². The Labute approximate surface area is 133 Å². The normalized spacial score (nSPS) is 24.5. The first-order valence-electron chi connectivity index (χ1n) is 7.60. The molecule has 0 saturated carbocycles. The molecule has 2 bridgehead atoms. The molecule has 1 unspecified atom stereocenters. The fourth-order valence-electron chi connectivity index (χ4n) is 2.86. The van der Waals surface area contributed by atoms with Gasteiger partial charge < -0.3 is 15.3 Å². The molecular weight excluding hydrogens is 308 g/mol. The summed E-state index contributed by atoms with van der Waals surface area (Å²) < 4.78 is 0. The smallest absolute Gasteiger partial charge is 0.404 e. The van der Waals surface area contributed by atoms with E-state index in [2.05, 4.69) is 10.8 Å². The van der Waals surface area contributed by atoms with Crippen molar-refractivity contribution in [2.24, 2.45) is 0 Å². The molecule has 2 heterocycles. The number of fused-ring (bicyclic) bond motifs is 2. The standard InChI is InChI=1S/C13H22N4O6/c1-8(14-12(19)20)3-2-6-23-15-11(18)10-5-4-9-7-16(10)13(21)17(9)22/h8-10,14,22H,2-7H2,1H3,(H,15,18)(H,19,20)/t8?,9-,10+/m1/s1. The van der Waals surface area contributed by atoms with Crippen molar-refractivity contribution in [3.05, 3.63) is 0 Å². The minimum Gasteiger partial charge on any atom is -0.465 e. The lowest BCUT2D eigenvalue weighted by molar-refractivity contribution is -0.139. The van der Waals surface area contributed by atoms with Crippen LogP contribution in [-0.2, 0) is 9.63 Å². The van der Waals surface area contributed by atoms with E-state index in [-0.39, 0.29) is 18.7 Å². The monoisotopic (exact) mass is 330 g/mol. The van der Waals surface area contributed by atoms with Crippen LogP contribution >= 0.6 is 0 Å². The van der Waals surface area contributed by atoms with Crippen molar-refractivity contribution in [1.29, 1.82) is 0 Å². The van der Waals surface area contributed by atoms with E-state index in [1.54, 1.807) is 6.92 Å². The fourth-order valence-corrected chi connectivity index (χ4v) is 2.86. The number of hydrogen-bond acceptors (Lipinski definition) is 5. The molecule has 10 nitrogen and oxygen atoms in total. The topological polar surface area (TPSA) is 131 Å². The van der Waals surface area contributed by atoms with Crippen molar-refractivity contribution >= 4 is 18.0 Å². The Morgan fingerprint density at radius 3 is 2.87 bits per heavy atom. The summed E-state index contributed by atoms with van der Waals surface area (Å²) >= 11 is 0. The molecule has 0 aromatic rings. The largest absolute Gasteiger partial charge is 0.465 e. The van der Waals surface area contributed by atoms with Gasteiger partial charge in [0.15, 0.2) is 0 Å². The van der Waals surface area contributed by atoms with Gasteiger partial charge in [0.05, 0.1) is 12.6 Å². The van der Waals surface area contributed by atoms with E-state index in [9.17, 15) is 19.6 Å². The van der Waals surface area contributed by atoms with Crippen molar-refractivity contribution < 1.29 is 29.5 Å². The average molecular weight is 330 g/mol. The van der Waals surface area contributed by atoms with Crippen LogP contribution in [0.1, 0.15) is 32.6 Å². The molecular formula is C13H22N4O6. The molecule has 2 fully saturated rings. The predicted octanol–water partition coefficient (Wildman–Crippen LogP) is 0.128. The quantitative estimate of drug-likeness (QED) is 0.298. The van der Waals surface area contributed by atoms with Crippen molar-refractivity contribution in [1.82, 2.24) is 20.8 Å². The van der Waals surface area contributed by atoms with Crippen LogP contribution in [0, 0.1) is 0 Å². The Balaban J connectivity index is 1.66. The molecule has 0 aromatic carbocycles. The van der Waals surface area contributed by atoms with Gasteiger partial charge in [0, 0.05) is 12.6 Å². The first kappa shape index (κ1) is 17.3. The number of carbonyl (C=O) groups excluding carboxylic acids is 2. The van der Waals surface area contributed by atoms with Gasteiger partial charge in [0.25, 0.3) is 5.91 Å². The summed E-state index contributed by atoms with van der Waals surface area (Å²) in [4.78, 5) is 40.7. The zero-order valence-electron chi connectivity index (χ0n) is 12.9. The Morgan fingerprint density at radius 2 is 2.17 bits per heavy atom. The highest BCUT2D eigenvalue weighted by Gasteiger charge is 2.46. The second-order valence-corrected chi connectivity index (χ2v) is 5.83. The Bertz CT molecular complexity index is 473. The molecule has 0 spiro atoms. The number of hydroxylamine groups is 3.